The molecule has 1 heterocycles. The molecule has 19 heavy (non-hydrogen) atoms. The second-order valence-corrected chi connectivity index (χ2v) is 4.69. The maximum atomic E-state index is 11.3. The SMILES string of the molecule is COC(=O)c1ccc(OCc2ccc(Br)cn2)cc1. The highest BCUT2D eigenvalue weighted by atomic mass is 79.9. The number of hydrogen-bond donors (Lipinski definition) is 0. The van der Waals surface area contributed by atoms with Crippen LogP contribution >= 0.6 is 15.9 Å². The van der Waals surface area contributed by atoms with E-state index in [9.17, 15) is 4.79 Å². The second kappa shape index (κ2) is 6.33. The third-order valence-corrected chi connectivity index (χ3v) is 2.92. The average molecular weight is 322 g/mol. The predicted octanol–water partition coefficient (Wildman–Crippen LogP) is 3.21. The molecule has 0 saturated heterocycles. The standard InChI is InChI=1S/C14H12BrNO3/c1-18-14(17)10-2-6-13(7-3-10)19-9-12-5-4-11(15)8-16-12/h2-8H,9H2,1H3. The van der Waals surface area contributed by atoms with Crippen molar-refractivity contribution in [2.75, 3.05) is 7.11 Å². The van der Waals surface area contributed by atoms with Crippen molar-refractivity contribution in [3.63, 3.8) is 0 Å². The largest absolute Gasteiger partial charge is 0.487 e. The Morgan fingerprint density at radius 2 is 1.95 bits per heavy atom. The summed E-state index contributed by atoms with van der Waals surface area (Å²) in [7, 11) is 1.35. The molecule has 1 aromatic carbocycles. The molecule has 0 unspecified atom stereocenters. The molecule has 0 spiro atoms. The van der Waals surface area contributed by atoms with Gasteiger partial charge in [0.25, 0.3) is 0 Å². The Kier molecular flexibility index (Phi) is 4.52. The van der Waals surface area contributed by atoms with Gasteiger partial charge in [-0.3, -0.25) is 4.98 Å². The molecule has 0 amide bonds. The molecule has 0 radical (unpaired) electrons. The van der Waals surface area contributed by atoms with E-state index in [2.05, 4.69) is 25.7 Å². The van der Waals surface area contributed by atoms with Crippen LogP contribution in [-0.4, -0.2) is 18.1 Å². The first kappa shape index (κ1) is 13.5. The molecule has 0 N–H and O–H groups in total. The van der Waals surface area contributed by atoms with Crippen LogP contribution in [0.2, 0.25) is 0 Å². The Morgan fingerprint density at radius 1 is 1.21 bits per heavy atom. The summed E-state index contributed by atoms with van der Waals surface area (Å²) in [6.07, 6.45) is 1.72. The van der Waals surface area contributed by atoms with Gasteiger partial charge in [-0.15, -0.1) is 0 Å². The monoisotopic (exact) mass is 321 g/mol. The van der Waals surface area contributed by atoms with Gasteiger partial charge in [-0.1, -0.05) is 0 Å². The summed E-state index contributed by atoms with van der Waals surface area (Å²) in [5.74, 6) is 0.318. The Labute approximate surface area is 119 Å². The van der Waals surface area contributed by atoms with Gasteiger partial charge >= 0.3 is 5.97 Å². The molecule has 0 aliphatic carbocycles. The number of ether oxygens (including phenoxy) is 2. The summed E-state index contributed by atoms with van der Waals surface area (Å²) in [5.41, 5.74) is 1.33. The first-order chi connectivity index (χ1) is 9.19. The number of carbonyl (C=O) groups excluding carboxylic acids is 1. The Hall–Kier alpha value is -1.88. The van der Waals surface area contributed by atoms with Gasteiger partial charge in [-0.05, 0) is 52.3 Å². The molecular weight excluding hydrogens is 310 g/mol. The lowest BCUT2D eigenvalue weighted by Crippen LogP contribution is -2.01. The molecule has 4 nitrogen and oxygen atoms in total. The van der Waals surface area contributed by atoms with Crippen molar-refractivity contribution in [1.29, 1.82) is 0 Å². The number of halogens is 1. The van der Waals surface area contributed by atoms with E-state index < -0.39 is 0 Å². The van der Waals surface area contributed by atoms with Crippen LogP contribution in [0.1, 0.15) is 16.1 Å². The lowest BCUT2D eigenvalue weighted by atomic mass is 10.2. The zero-order valence-corrected chi connectivity index (χ0v) is 11.9. The molecule has 2 rings (SSSR count). The Bertz CT molecular complexity index is 552. The number of carbonyl (C=O) groups is 1. The molecule has 0 aliphatic rings. The average Bonchev–Trinajstić information content (AvgIpc) is 2.46. The highest BCUT2D eigenvalue weighted by Crippen LogP contribution is 2.15. The number of benzene rings is 1. The number of nitrogens with zero attached hydrogens (tertiary/aromatic N) is 1. The Morgan fingerprint density at radius 3 is 2.53 bits per heavy atom. The minimum Gasteiger partial charge on any atom is -0.487 e. The molecule has 2 aromatic rings. The van der Waals surface area contributed by atoms with E-state index in [0.717, 1.165) is 10.2 Å². The topological polar surface area (TPSA) is 48.4 Å². The molecule has 98 valence electrons. The van der Waals surface area contributed by atoms with Crippen LogP contribution in [0.4, 0.5) is 0 Å². The van der Waals surface area contributed by atoms with Crippen LogP contribution in [0.3, 0.4) is 0 Å². The minimum absolute atomic E-state index is 0.360. The summed E-state index contributed by atoms with van der Waals surface area (Å²) in [5, 5.41) is 0. The van der Waals surface area contributed by atoms with E-state index in [1.54, 1.807) is 30.5 Å². The van der Waals surface area contributed by atoms with Crippen molar-refractivity contribution >= 4 is 21.9 Å². The van der Waals surface area contributed by atoms with Crippen molar-refractivity contribution in [2.24, 2.45) is 0 Å². The molecular formula is C14H12BrNO3. The molecule has 0 atom stereocenters. The fraction of sp³-hybridized carbons (Fsp3) is 0.143. The van der Waals surface area contributed by atoms with Gasteiger partial charge < -0.3 is 9.47 Å². The summed E-state index contributed by atoms with van der Waals surface area (Å²) < 4.78 is 11.1. The summed E-state index contributed by atoms with van der Waals surface area (Å²) in [6.45, 7) is 0.380. The van der Waals surface area contributed by atoms with Gasteiger partial charge in [0.15, 0.2) is 0 Å². The molecule has 0 bridgehead atoms. The van der Waals surface area contributed by atoms with Gasteiger partial charge in [0.1, 0.15) is 12.4 Å². The lowest BCUT2D eigenvalue weighted by molar-refractivity contribution is 0.0600. The number of methoxy groups -OCH3 is 1. The third kappa shape index (κ3) is 3.79. The van der Waals surface area contributed by atoms with E-state index in [1.807, 2.05) is 12.1 Å². The van der Waals surface area contributed by atoms with Crippen molar-refractivity contribution < 1.29 is 14.3 Å². The number of aromatic nitrogens is 1. The zero-order valence-electron chi connectivity index (χ0n) is 10.3. The molecule has 0 fully saturated rings. The van der Waals surface area contributed by atoms with Gasteiger partial charge in [0.2, 0.25) is 0 Å². The quantitative estimate of drug-likeness (QED) is 0.811. The maximum Gasteiger partial charge on any atom is 0.337 e. The maximum absolute atomic E-state index is 11.3. The highest BCUT2D eigenvalue weighted by Gasteiger charge is 2.04. The highest BCUT2D eigenvalue weighted by molar-refractivity contribution is 9.10. The summed E-state index contributed by atoms with van der Waals surface area (Å²) in [6, 6.07) is 10.6. The van der Waals surface area contributed by atoms with Crippen molar-refractivity contribution in [2.45, 2.75) is 6.61 Å². The van der Waals surface area contributed by atoms with Crippen LogP contribution in [0.25, 0.3) is 0 Å². The summed E-state index contributed by atoms with van der Waals surface area (Å²) >= 11 is 3.32. The van der Waals surface area contributed by atoms with Crippen molar-refractivity contribution in [3.8, 4) is 5.75 Å². The van der Waals surface area contributed by atoms with Gasteiger partial charge in [-0.25, -0.2) is 4.79 Å². The normalized spacial score (nSPS) is 10.0. The van der Waals surface area contributed by atoms with Crippen LogP contribution in [0.15, 0.2) is 47.1 Å². The Balaban J connectivity index is 1.96. The van der Waals surface area contributed by atoms with Crippen LogP contribution < -0.4 is 4.74 Å². The third-order valence-electron chi connectivity index (χ3n) is 2.45. The number of esters is 1. The second-order valence-electron chi connectivity index (χ2n) is 3.77. The van der Waals surface area contributed by atoms with E-state index in [-0.39, 0.29) is 5.97 Å². The van der Waals surface area contributed by atoms with E-state index >= 15 is 0 Å². The van der Waals surface area contributed by atoms with Crippen molar-refractivity contribution in [1.82, 2.24) is 4.98 Å². The first-order valence-electron chi connectivity index (χ1n) is 5.60. The van der Waals surface area contributed by atoms with E-state index in [0.29, 0.717) is 17.9 Å². The van der Waals surface area contributed by atoms with Crippen LogP contribution in [0.5, 0.6) is 5.75 Å². The fourth-order valence-corrected chi connectivity index (χ4v) is 1.69. The predicted molar refractivity (Wildman–Crippen MR) is 74.1 cm³/mol. The molecule has 0 saturated carbocycles. The molecule has 1 aromatic heterocycles. The van der Waals surface area contributed by atoms with Gasteiger partial charge in [-0.2, -0.15) is 0 Å². The van der Waals surface area contributed by atoms with Gasteiger partial charge in [0, 0.05) is 10.7 Å². The first-order valence-corrected chi connectivity index (χ1v) is 6.40. The van der Waals surface area contributed by atoms with Crippen molar-refractivity contribution in [3.05, 3.63) is 58.3 Å². The van der Waals surface area contributed by atoms with E-state index in [4.69, 9.17) is 4.74 Å². The fourth-order valence-electron chi connectivity index (χ4n) is 1.45. The van der Waals surface area contributed by atoms with Gasteiger partial charge in [0.05, 0.1) is 18.4 Å². The van der Waals surface area contributed by atoms with E-state index in [1.165, 1.54) is 7.11 Å². The minimum atomic E-state index is -0.360. The molecule has 5 heteroatoms. The van der Waals surface area contributed by atoms with Crippen LogP contribution in [0, 0.1) is 0 Å². The number of pyridine rings is 1. The number of hydrogen-bond acceptors (Lipinski definition) is 4. The smallest absolute Gasteiger partial charge is 0.337 e. The summed E-state index contributed by atoms with van der Waals surface area (Å²) in [4.78, 5) is 15.5. The lowest BCUT2D eigenvalue weighted by Gasteiger charge is -2.06. The number of rotatable bonds is 4. The zero-order chi connectivity index (χ0) is 13.7. The molecule has 0 aliphatic heterocycles. The van der Waals surface area contributed by atoms with Crippen LogP contribution in [-0.2, 0) is 11.3 Å².